The molecule has 3 saturated carbocycles. The highest BCUT2D eigenvalue weighted by atomic mass is 16.2. The average molecular weight is 403 g/mol. The zero-order valence-corrected chi connectivity index (χ0v) is 19.3. The summed E-state index contributed by atoms with van der Waals surface area (Å²) in [6.45, 7) is 10.4. The van der Waals surface area contributed by atoms with Crippen molar-refractivity contribution in [1.82, 2.24) is 9.80 Å². The van der Waals surface area contributed by atoms with Gasteiger partial charge in [-0.3, -0.25) is 9.59 Å². The van der Waals surface area contributed by atoms with Crippen LogP contribution in [0.15, 0.2) is 0 Å². The summed E-state index contributed by atoms with van der Waals surface area (Å²) < 4.78 is 0. The Balaban J connectivity index is 1.55. The van der Waals surface area contributed by atoms with Crippen molar-refractivity contribution < 1.29 is 9.59 Å². The number of nitrogens with zero attached hydrogens (tertiary/aromatic N) is 2. The van der Waals surface area contributed by atoms with Gasteiger partial charge in [0.05, 0.1) is 0 Å². The van der Waals surface area contributed by atoms with Crippen molar-refractivity contribution in [3.8, 4) is 0 Å². The first-order chi connectivity index (χ1) is 13.7. The van der Waals surface area contributed by atoms with Crippen molar-refractivity contribution in [1.29, 1.82) is 0 Å². The van der Waals surface area contributed by atoms with Gasteiger partial charge in [0, 0.05) is 32.1 Å². The molecule has 2 amide bonds. The van der Waals surface area contributed by atoms with Crippen LogP contribution >= 0.6 is 0 Å². The number of fused-ring (bicyclic) bond motifs is 5. The molecule has 2 unspecified atom stereocenters. The fourth-order valence-corrected chi connectivity index (χ4v) is 8.36. The van der Waals surface area contributed by atoms with Gasteiger partial charge in [0.1, 0.15) is 0 Å². The smallest absolute Gasteiger partial charge is 0.222 e. The van der Waals surface area contributed by atoms with Gasteiger partial charge in [0.25, 0.3) is 0 Å². The molecule has 3 aliphatic carbocycles. The lowest BCUT2D eigenvalue weighted by atomic mass is 9.47. The van der Waals surface area contributed by atoms with E-state index < -0.39 is 0 Å². The lowest BCUT2D eigenvalue weighted by Crippen LogP contribution is -2.62. The molecule has 1 heterocycles. The average Bonchev–Trinajstić information content (AvgIpc) is 3.03. The Bertz CT molecular complexity index is 649. The van der Waals surface area contributed by atoms with Crippen molar-refractivity contribution in [2.45, 2.75) is 97.6 Å². The molecule has 164 valence electrons. The summed E-state index contributed by atoms with van der Waals surface area (Å²) in [5.41, 5.74) is 0.561. The highest BCUT2D eigenvalue weighted by Gasteiger charge is 2.61. The van der Waals surface area contributed by atoms with Gasteiger partial charge in [-0.25, -0.2) is 0 Å². The summed E-state index contributed by atoms with van der Waals surface area (Å²) >= 11 is 0. The van der Waals surface area contributed by atoms with E-state index in [0.717, 1.165) is 50.0 Å². The van der Waals surface area contributed by atoms with Crippen LogP contribution in [0.25, 0.3) is 0 Å². The van der Waals surface area contributed by atoms with Crippen LogP contribution in [0.1, 0.15) is 85.5 Å². The number of piperidine rings is 1. The van der Waals surface area contributed by atoms with Crippen LogP contribution in [-0.2, 0) is 9.59 Å². The van der Waals surface area contributed by atoms with Gasteiger partial charge in [-0.05, 0) is 85.9 Å². The third-order valence-corrected chi connectivity index (χ3v) is 10.0. The maximum atomic E-state index is 12.3. The fourth-order valence-electron chi connectivity index (χ4n) is 8.36. The second-order valence-electron chi connectivity index (χ2n) is 11.6. The lowest BCUT2D eigenvalue weighted by molar-refractivity contribution is -0.159. The van der Waals surface area contributed by atoms with Crippen molar-refractivity contribution in [3.63, 3.8) is 0 Å². The highest BCUT2D eigenvalue weighted by molar-refractivity contribution is 5.77. The molecule has 7 atom stereocenters. The van der Waals surface area contributed by atoms with Crippen molar-refractivity contribution in [2.24, 2.45) is 34.5 Å². The van der Waals surface area contributed by atoms with Gasteiger partial charge in [-0.15, -0.1) is 0 Å². The minimum atomic E-state index is 0.276. The Morgan fingerprint density at radius 2 is 1.79 bits per heavy atom. The van der Waals surface area contributed by atoms with Gasteiger partial charge in [0.2, 0.25) is 12.3 Å². The summed E-state index contributed by atoms with van der Waals surface area (Å²) in [5.74, 6) is 3.25. The fraction of sp³-hybridized carbons (Fsp3) is 0.920. The zero-order chi connectivity index (χ0) is 21.0. The van der Waals surface area contributed by atoms with Gasteiger partial charge in [0.15, 0.2) is 0 Å². The van der Waals surface area contributed by atoms with Crippen molar-refractivity contribution >= 4 is 12.3 Å². The predicted octanol–water partition coefficient (Wildman–Crippen LogP) is 4.72. The van der Waals surface area contributed by atoms with E-state index in [1.807, 2.05) is 7.05 Å². The van der Waals surface area contributed by atoms with Gasteiger partial charge >= 0.3 is 0 Å². The molecular formula is C25H42N2O2. The molecule has 0 spiro atoms. The highest BCUT2D eigenvalue weighted by Crippen LogP contribution is 2.65. The van der Waals surface area contributed by atoms with Crippen molar-refractivity contribution in [2.75, 3.05) is 13.6 Å². The molecule has 0 bridgehead atoms. The molecule has 1 aliphatic heterocycles. The Morgan fingerprint density at radius 3 is 2.48 bits per heavy atom. The van der Waals surface area contributed by atoms with Crippen LogP contribution in [0.3, 0.4) is 0 Å². The van der Waals surface area contributed by atoms with E-state index in [-0.39, 0.29) is 10.8 Å². The Kier molecular flexibility index (Phi) is 5.53. The van der Waals surface area contributed by atoms with Crippen LogP contribution in [0.2, 0.25) is 0 Å². The maximum absolute atomic E-state index is 12.3. The number of hydrogen-bond acceptors (Lipinski definition) is 2. The summed E-state index contributed by atoms with van der Waals surface area (Å²) in [6.07, 6.45) is 11.5. The minimum Gasteiger partial charge on any atom is -0.342 e. The van der Waals surface area contributed by atoms with E-state index in [1.54, 1.807) is 0 Å². The molecule has 4 aliphatic rings. The topological polar surface area (TPSA) is 40.6 Å². The summed E-state index contributed by atoms with van der Waals surface area (Å²) in [6, 6.07) is 0.856. The zero-order valence-electron chi connectivity index (χ0n) is 19.3. The number of carbonyl (C=O) groups is 2. The standard InChI is InChI=1S/C25H42N2O2/c1-17(2)12-15-27(16-28)22-9-7-19-18-6-8-21-24(3,14-11-23(29)26(21)5)20(18)10-13-25(19,22)4/h16-22H,6-15H2,1-5H3/t18-,19-,20+,21?,22?,24+,25-/m0/s1. The van der Waals surface area contributed by atoms with Crippen LogP contribution in [-0.4, -0.2) is 47.8 Å². The summed E-state index contributed by atoms with van der Waals surface area (Å²) in [4.78, 5) is 28.6. The number of likely N-dealkylation sites (tertiary alicyclic amines) is 1. The number of hydrogen-bond donors (Lipinski definition) is 0. The van der Waals surface area contributed by atoms with Gasteiger partial charge in [-0.2, -0.15) is 0 Å². The minimum absolute atomic E-state index is 0.276. The van der Waals surface area contributed by atoms with E-state index in [9.17, 15) is 9.59 Å². The molecule has 4 heteroatoms. The molecule has 0 N–H and O–H groups in total. The second kappa shape index (κ2) is 7.57. The molecule has 4 nitrogen and oxygen atoms in total. The molecular weight excluding hydrogens is 360 g/mol. The SMILES string of the molecule is CC(C)CCN(C=O)C1CC[C@H]2[C@@H]3CCC4N(C)C(=O)CC[C@]4(C)[C@@H]3CC[C@]12C. The second-order valence-corrected chi connectivity index (χ2v) is 11.6. The summed E-state index contributed by atoms with van der Waals surface area (Å²) in [7, 11) is 2.04. The van der Waals surface area contributed by atoms with E-state index in [1.165, 1.54) is 38.5 Å². The van der Waals surface area contributed by atoms with Crippen LogP contribution in [0, 0.1) is 34.5 Å². The summed E-state index contributed by atoms with van der Waals surface area (Å²) in [5, 5.41) is 0. The normalized spacial score (nSPS) is 44.3. The first-order valence-corrected chi connectivity index (χ1v) is 12.2. The molecule has 0 aromatic heterocycles. The number of amides is 2. The largest absolute Gasteiger partial charge is 0.342 e. The first-order valence-electron chi connectivity index (χ1n) is 12.2. The molecule has 0 aromatic carbocycles. The van der Waals surface area contributed by atoms with Crippen molar-refractivity contribution in [3.05, 3.63) is 0 Å². The molecule has 29 heavy (non-hydrogen) atoms. The quantitative estimate of drug-likeness (QED) is 0.624. The number of rotatable bonds is 5. The van der Waals surface area contributed by atoms with Crippen LogP contribution in [0.5, 0.6) is 0 Å². The Morgan fingerprint density at radius 1 is 1.07 bits per heavy atom. The third kappa shape index (κ3) is 3.24. The maximum Gasteiger partial charge on any atom is 0.222 e. The van der Waals surface area contributed by atoms with Crippen LogP contribution in [0.4, 0.5) is 0 Å². The Hall–Kier alpha value is -1.06. The molecule has 0 aromatic rings. The predicted molar refractivity (Wildman–Crippen MR) is 116 cm³/mol. The molecule has 4 rings (SSSR count). The van der Waals surface area contributed by atoms with E-state index >= 15 is 0 Å². The molecule has 0 radical (unpaired) electrons. The third-order valence-electron chi connectivity index (χ3n) is 10.0. The van der Waals surface area contributed by atoms with E-state index in [2.05, 4.69) is 37.5 Å². The van der Waals surface area contributed by atoms with Crippen LogP contribution < -0.4 is 0 Å². The lowest BCUT2D eigenvalue weighted by Gasteiger charge is -2.62. The molecule has 4 fully saturated rings. The van der Waals surface area contributed by atoms with E-state index in [4.69, 9.17) is 0 Å². The Labute approximate surface area is 177 Å². The van der Waals surface area contributed by atoms with Gasteiger partial charge in [-0.1, -0.05) is 27.7 Å². The van der Waals surface area contributed by atoms with E-state index in [0.29, 0.717) is 23.9 Å². The first kappa shape index (κ1) is 21.2. The number of carbonyl (C=O) groups excluding carboxylic acids is 2. The monoisotopic (exact) mass is 402 g/mol. The molecule has 1 saturated heterocycles. The van der Waals surface area contributed by atoms with Gasteiger partial charge < -0.3 is 9.80 Å².